The van der Waals surface area contributed by atoms with E-state index in [-0.39, 0.29) is 34.9 Å². The van der Waals surface area contributed by atoms with Crippen LogP contribution in [0.1, 0.15) is 6.42 Å². The van der Waals surface area contributed by atoms with Gasteiger partial charge in [-0.25, -0.2) is 4.98 Å². The molecule has 2 aromatic carbocycles. The number of nitrogens with one attached hydrogen (secondary N) is 1. The van der Waals surface area contributed by atoms with Gasteiger partial charge in [0.1, 0.15) is 5.02 Å². The fourth-order valence-corrected chi connectivity index (χ4v) is 2.81. The molecule has 0 bridgehead atoms. The number of hydrogen-bond donors (Lipinski definition) is 1. The normalized spacial score (nSPS) is 10.6. The van der Waals surface area contributed by atoms with Crippen molar-refractivity contribution in [2.24, 2.45) is 0 Å². The largest absolute Gasteiger partial charge is 0.456 e. The first kappa shape index (κ1) is 20.9. The Balaban J connectivity index is 1.52. The van der Waals surface area contributed by atoms with Crippen LogP contribution in [0.3, 0.4) is 0 Å². The van der Waals surface area contributed by atoms with E-state index in [1.807, 2.05) is 0 Å². The maximum atomic E-state index is 12.4. The van der Waals surface area contributed by atoms with Crippen LogP contribution in [0.4, 0.5) is 11.4 Å². The first-order valence-corrected chi connectivity index (χ1v) is 9.06. The van der Waals surface area contributed by atoms with Crippen molar-refractivity contribution >= 4 is 45.8 Å². The van der Waals surface area contributed by atoms with Crippen molar-refractivity contribution in [1.29, 1.82) is 0 Å². The monoisotopic (exact) mass is 430 g/mol. The number of carbonyl (C=O) groups excluding carboxylic acids is 2. The van der Waals surface area contributed by atoms with E-state index in [1.54, 1.807) is 24.3 Å². The summed E-state index contributed by atoms with van der Waals surface area (Å²) in [7, 11) is 0. The molecule has 1 amide bonds. The van der Waals surface area contributed by atoms with Crippen LogP contribution < -0.4 is 10.9 Å². The van der Waals surface area contributed by atoms with Crippen molar-refractivity contribution in [1.82, 2.24) is 9.55 Å². The molecule has 0 unspecified atom stereocenters. The molecule has 10 nitrogen and oxygen atoms in total. The second-order valence-corrected chi connectivity index (χ2v) is 6.55. The van der Waals surface area contributed by atoms with Gasteiger partial charge >= 0.3 is 5.97 Å². The summed E-state index contributed by atoms with van der Waals surface area (Å²) in [5.74, 6) is -1.36. The van der Waals surface area contributed by atoms with Gasteiger partial charge in [0.05, 0.1) is 28.6 Å². The van der Waals surface area contributed by atoms with Crippen molar-refractivity contribution in [3.63, 3.8) is 0 Å². The third-order valence-corrected chi connectivity index (χ3v) is 4.40. The zero-order chi connectivity index (χ0) is 21.7. The lowest BCUT2D eigenvalue weighted by Gasteiger charge is -2.08. The van der Waals surface area contributed by atoms with Gasteiger partial charge in [-0.15, -0.1) is 0 Å². The summed E-state index contributed by atoms with van der Waals surface area (Å²) in [6, 6.07) is 10.6. The van der Waals surface area contributed by atoms with Crippen molar-refractivity contribution in [3.05, 3.63) is 74.3 Å². The molecular weight excluding hydrogens is 416 g/mol. The van der Waals surface area contributed by atoms with Crippen LogP contribution >= 0.6 is 11.6 Å². The Hall–Kier alpha value is -3.79. The molecule has 1 aromatic heterocycles. The first-order chi connectivity index (χ1) is 14.3. The van der Waals surface area contributed by atoms with Crippen molar-refractivity contribution in [2.45, 2.75) is 13.0 Å². The standard InChI is InChI=1S/C19H15ClN4O6/c20-14-6-5-12(9-16(14)24(28)29)22-17(25)10-30-18(26)7-8-23-11-21-15-4-2-1-3-13(15)19(23)27/h1-6,9,11H,7-8,10H2,(H,22,25). The van der Waals surface area contributed by atoms with Crippen LogP contribution in [0, 0.1) is 10.1 Å². The second kappa shape index (κ2) is 9.14. The number of ether oxygens (including phenoxy) is 1. The number of para-hydroxylation sites is 1. The smallest absolute Gasteiger partial charge is 0.308 e. The van der Waals surface area contributed by atoms with Crippen molar-refractivity contribution < 1.29 is 19.2 Å². The molecule has 0 aliphatic heterocycles. The number of hydrogen-bond acceptors (Lipinski definition) is 7. The number of amides is 1. The molecule has 0 fully saturated rings. The molecule has 0 spiro atoms. The van der Waals surface area contributed by atoms with Gasteiger partial charge in [-0.2, -0.15) is 0 Å². The van der Waals surface area contributed by atoms with E-state index in [4.69, 9.17) is 16.3 Å². The molecule has 1 N–H and O–H groups in total. The van der Waals surface area contributed by atoms with E-state index >= 15 is 0 Å². The minimum absolute atomic E-state index is 0.0422. The molecule has 154 valence electrons. The molecule has 3 rings (SSSR count). The topological polar surface area (TPSA) is 133 Å². The highest BCUT2D eigenvalue weighted by Gasteiger charge is 2.15. The fraction of sp³-hybridized carbons (Fsp3) is 0.158. The average molecular weight is 431 g/mol. The number of carbonyl (C=O) groups is 2. The van der Waals surface area contributed by atoms with E-state index < -0.39 is 23.4 Å². The fourth-order valence-electron chi connectivity index (χ4n) is 2.62. The van der Waals surface area contributed by atoms with E-state index in [2.05, 4.69) is 10.3 Å². The molecule has 0 saturated heterocycles. The summed E-state index contributed by atoms with van der Waals surface area (Å²) in [5, 5.41) is 13.6. The minimum Gasteiger partial charge on any atom is -0.456 e. The van der Waals surface area contributed by atoms with E-state index in [0.29, 0.717) is 10.9 Å². The SMILES string of the molecule is O=C(COC(=O)CCn1cnc2ccccc2c1=O)Nc1ccc(Cl)c([N+](=O)[O-])c1. The predicted molar refractivity (Wildman–Crippen MR) is 108 cm³/mol. The van der Waals surface area contributed by atoms with Gasteiger partial charge in [-0.3, -0.25) is 29.1 Å². The Morgan fingerprint density at radius 2 is 2.00 bits per heavy atom. The number of halogens is 1. The summed E-state index contributed by atoms with van der Waals surface area (Å²) >= 11 is 5.71. The molecule has 0 radical (unpaired) electrons. The Morgan fingerprint density at radius 3 is 2.77 bits per heavy atom. The van der Waals surface area contributed by atoms with Gasteiger partial charge in [0.15, 0.2) is 6.61 Å². The van der Waals surface area contributed by atoms with Crippen LogP contribution in [-0.2, 0) is 20.9 Å². The Bertz CT molecular complexity index is 1190. The van der Waals surface area contributed by atoms with Gasteiger partial charge < -0.3 is 10.1 Å². The molecule has 11 heteroatoms. The van der Waals surface area contributed by atoms with Gasteiger partial charge in [-0.05, 0) is 24.3 Å². The molecule has 0 saturated carbocycles. The number of benzene rings is 2. The van der Waals surface area contributed by atoms with E-state index in [0.717, 1.165) is 6.07 Å². The highest BCUT2D eigenvalue weighted by molar-refractivity contribution is 6.32. The van der Waals surface area contributed by atoms with Gasteiger partial charge in [0.25, 0.3) is 17.2 Å². The second-order valence-electron chi connectivity index (χ2n) is 6.14. The highest BCUT2D eigenvalue weighted by Crippen LogP contribution is 2.27. The maximum absolute atomic E-state index is 12.4. The first-order valence-electron chi connectivity index (χ1n) is 8.69. The minimum atomic E-state index is -0.688. The Morgan fingerprint density at radius 1 is 1.23 bits per heavy atom. The zero-order valence-electron chi connectivity index (χ0n) is 15.4. The lowest BCUT2D eigenvalue weighted by atomic mass is 10.2. The number of nitro groups is 1. The summed E-state index contributed by atoms with van der Waals surface area (Å²) in [6.45, 7) is -0.541. The number of anilines is 1. The number of nitrogens with zero attached hydrogens (tertiary/aromatic N) is 3. The van der Waals surface area contributed by atoms with Gasteiger partial charge in [0, 0.05) is 18.3 Å². The lowest BCUT2D eigenvalue weighted by Crippen LogP contribution is -2.24. The van der Waals surface area contributed by atoms with Crippen LogP contribution in [0.2, 0.25) is 5.02 Å². The summed E-state index contributed by atoms with van der Waals surface area (Å²) < 4.78 is 6.17. The van der Waals surface area contributed by atoms with Crippen LogP contribution in [-0.4, -0.2) is 33.0 Å². The summed E-state index contributed by atoms with van der Waals surface area (Å²) in [6.07, 6.45) is 1.21. The van der Waals surface area contributed by atoms with E-state index in [1.165, 1.54) is 23.0 Å². The molecule has 0 atom stereocenters. The number of rotatable bonds is 7. The van der Waals surface area contributed by atoms with Gasteiger partial charge in [-0.1, -0.05) is 23.7 Å². The molecular formula is C19H15ClN4O6. The van der Waals surface area contributed by atoms with E-state index in [9.17, 15) is 24.5 Å². The summed E-state index contributed by atoms with van der Waals surface area (Å²) in [4.78, 5) is 50.5. The number of fused-ring (bicyclic) bond motifs is 1. The number of aryl methyl sites for hydroxylation is 1. The van der Waals surface area contributed by atoms with Crippen LogP contribution in [0.25, 0.3) is 10.9 Å². The molecule has 0 aliphatic carbocycles. The molecule has 1 heterocycles. The van der Waals surface area contributed by atoms with Crippen LogP contribution in [0.5, 0.6) is 0 Å². The number of aromatic nitrogens is 2. The quantitative estimate of drug-likeness (QED) is 0.346. The average Bonchev–Trinajstić information content (AvgIpc) is 2.73. The molecule has 30 heavy (non-hydrogen) atoms. The van der Waals surface area contributed by atoms with Crippen LogP contribution in [0.15, 0.2) is 53.6 Å². The Labute approximate surface area is 174 Å². The van der Waals surface area contributed by atoms with Crippen molar-refractivity contribution in [2.75, 3.05) is 11.9 Å². The molecule has 0 aliphatic rings. The predicted octanol–water partition coefficient (Wildman–Crippen LogP) is 2.53. The van der Waals surface area contributed by atoms with Gasteiger partial charge in [0.2, 0.25) is 0 Å². The highest BCUT2D eigenvalue weighted by atomic mass is 35.5. The third kappa shape index (κ3) is 4.97. The maximum Gasteiger partial charge on any atom is 0.308 e. The van der Waals surface area contributed by atoms with Crippen molar-refractivity contribution in [3.8, 4) is 0 Å². The number of nitro benzene ring substituents is 1. The molecule has 3 aromatic rings. The number of esters is 1. The Kier molecular flexibility index (Phi) is 6.38. The third-order valence-electron chi connectivity index (χ3n) is 4.08. The summed E-state index contributed by atoms with van der Waals surface area (Å²) in [5.41, 5.74) is 0.0535. The zero-order valence-corrected chi connectivity index (χ0v) is 16.2. The lowest BCUT2D eigenvalue weighted by molar-refractivity contribution is -0.384.